The lowest BCUT2D eigenvalue weighted by Gasteiger charge is -2.19. The Hall–Kier alpha value is -1.26. The molecule has 0 aliphatic rings. The SMILES string of the molecule is CNC(Cc1ccccc1C)c1c(F)cc(Br)cc1F. The van der Waals surface area contributed by atoms with E-state index in [0.717, 1.165) is 11.1 Å². The van der Waals surface area contributed by atoms with Crippen molar-refractivity contribution in [2.75, 3.05) is 7.05 Å². The summed E-state index contributed by atoms with van der Waals surface area (Å²) in [5, 5.41) is 3.00. The first kappa shape index (κ1) is 15.1. The Morgan fingerprint density at radius 3 is 2.30 bits per heavy atom. The van der Waals surface area contributed by atoms with Crippen LogP contribution in [0.15, 0.2) is 40.9 Å². The third-order valence-corrected chi connectivity index (χ3v) is 3.88. The summed E-state index contributed by atoms with van der Waals surface area (Å²) < 4.78 is 28.5. The van der Waals surface area contributed by atoms with Gasteiger partial charge in [-0.1, -0.05) is 40.2 Å². The minimum Gasteiger partial charge on any atom is -0.313 e. The van der Waals surface area contributed by atoms with Crippen molar-refractivity contribution in [2.24, 2.45) is 0 Å². The average molecular weight is 340 g/mol. The Kier molecular flexibility index (Phi) is 4.89. The number of hydrogen-bond acceptors (Lipinski definition) is 1. The molecule has 1 N–H and O–H groups in total. The van der Waals surface area contributed by atoms with E-state index in [2.05, 4.69) is 21.2 Å². The van der Waals surface area contributed by atoms with Gasteiger partial charge < -0.3 is 5.32 Å². The third kappa shape index (κ3) is 3.25. The van der Waals surface area contributed by atoms with Crippen LogP contribution in [0, 0.1) is 18.6 Å². The molecule has 0 saturated heterocycles. The topological polar surface area (TPSA) is 12.0 Å². The molecule has 1 unspecified atom stereocenters. The van der Waals surface area contributed by atoms with Crippen LogP contribution >= 0.6 is 15.9 Å². The second kappa shape index (κ2) is 6.46. The highest BCUT2D eigenvalue weighted by Crippen LogP contribution is 2.27. The maximum Gasteiger partial charge on any atom is 0.132 e. The molecule has 0 aliphatic carbocycles. The van der Waals surface area contributed by atoms with Gasteiger partial charge in [0.25, 0.3) is 0 Å². The molecule has 4 heteroatoms. The third-order valence-electron chi connectivity index (χ3n) is 3.43. The molecule has 20 heavy (non-hydrogen) atoms. The van der Waals surface area contributed by atoms with Crippen LogP contribution in [-0.2, 0) is 6.42 Å². The van der Waals surface area contributed by atoms with Gasteiger partial charge in [0.05, 0.1) is 0 Å². The molecule has 0 heterocycles. The summed E-state index contributed by atoms with van der Waals surface area (Å²) in [6.45, 7) is 2.00. The van der Waals surface area contributed by atoms with Crippen molar-refractivity contribution in [1.82, 2.24) is 5.32 Å². The first-order chi connectivity index (χ1) is 9.52. The van der Waals surface area contributed by atoms with Crippen LogP contribution < -0.4 is 5.32 Å². The van der Waals surface area contributed by atoms with E-state index in [1.807, 2.05) is 31.2 Å². The van der Waals surface area contributed by atoms with Crippen molar-refractivity contribution in [3.8, 4) is 0 Å². The molecule has 2 aromatic carbocycles. The number of hydrogen-bond donors (Lipinski definition) is 1. The van der Waals surface area contributed by atoms with Gasteiger partial charge in [-0.25, -0.2) is 8.78 Å². The Bertz CT molecular complexity index is 590. The molecule has 0 aliphatic heterocycles. The van der Waals surface area contributed by atoms with Crippen LogP contribution in [0.2, 0.25) is 0 Å². The Labute approximate surface area is 126 Å². The Morgan fingerprint density at radius 1 is 1.15 bits per heavy atom. The van der Waals surface area contributed by atoms with Crippen molar-refractivity contribution in [3.63, 3.8) is 0 Å². The maximum atomic E-state index is 14.0. The standard InChI is InChI=1S/C16H16BrF2N/c1-10-5-3-4-6-11(10)7-15(20-2)16-13(18)8-12(17)9-14(16)19/h3-6,8-9,15,20H,7H2,1-2H3. The summed E-state index contributed by atoms with van der Waals surface area (Å²) >= 11 is 3.10. The largest absolute Gasteiger partial charge is 0.313 e. The van der Waals surface area contributed by atoms with Crippen LogP contribution in [0.4, 0.5) is 8.78 Å². The number of benzene rings is 2. The van der Waals surface area contributed by atoms with Gasteiger partial charge in [-0.3, -0.25) is 0 Å². The molecule has 2 rings (SSSR count). The first-order valence-corrected chi connectivity index (χ1v) is 7.18. The summed E-state index contributed by atoms with van der Waals surface area (Å²) in [6, 6.07) is 10.0. The lowest BCUT2D eigenvalue weighted by Crippen LogP contribution is -2.22. The van der Waals surface area contributed by atoms with E-state index in [9.17, 15) is 8.78 Å². The molecule has 1 nitrogen and oxygen atoms in total. The molecular formula is C16H16BrF2N. The van der Waals surface area contributed by atoms with Gasteiger partial charge in [0.15, 0.2) is 0 Å². The molecular weight excluding hydrogens is 324 g/mol. The zero-order valence-corrected chi connectivity index (χ0v) is 13.0. The van der Waals surface area contributed by atoms with Gasteiger partial charge in [-0.2, -0.15) is 0 Å². The van der Waals surface area contributed by atoms with Gasteiger partial charge in [0.1, 0.15) is 11.6 Å². The number of likely N-dealkylation sites (N-methyl/N-ethyl adjacent to an activating group) is 1. The Morgan fingerprint density at radius 2 is 1.75 bits per heavy atom. The summed E-state index contributed by atoms with van der Waals surface area (Å²) in [5.74, 6) is -1.07. The average Bonchev–Trinajstić information content (AvgIpc) is 2.38. The minimum absolute atomic E-state index is 0.0824. The number of halogens is 3. The molecule has 0 amide bonds. The molecule has 2 aromatic rings. The van der Waals surface area contributed by atoms with Gasteiger partial charge in [-0.05, 0) is 43.7 Å². The quantitative estimate of drug-likeness (QED) is 0.862. The minimum atomic E-state index is -0.537. The van der Waals surface area contributed by atoms with Gasteiger partial charge in [0, 0.05) is 16.1 Å². The predicted octanol–water partition coefficient (Wildman–Crippen LogP) is 4.54. The van der Waals surface area contributed by atoms with E-state index in [4.69, 9.17) is 0 Å². The lowest BCUT2D eigenvalue weighted by molar-refractivity contribution is 0.488. The summed E-state index contributed by atoms with van der Waals surface area (Å²) in [6.07, 6.45) is 0.540. The highest BCUT2D eigenvalue weighted by atomic mass is 79.9. The van der Waals surface area contributed by atoms with Gasteiger partial charge in [-0.15, -0.1) is 0 Å². The fourth-order valence-electron chi connectivity index (χ4n) is 2.29. The predicted molar refractivity (Wildman–Crippen MR) is 80.7 cm³/mol. The van der Waals surface area contributed by atoms with Crippen molar-refractivity contribution < 1.29 is 8.78 Å². The highest BCUT2D eigenvalue weighted by Gasteiger charge is 2.20. The van der Waals surface area contributed by atoms with Crippen LogP contribution in [0.1, 0.15) is 22.7 Å². The molecule has 106 valence electrons. The van der Waals surface area contributed by atoms with E-state index < -0.39 is 17.7 Å². The number of nitrogens with one attached hydrogen (secondary N) is 1. The molecule has 0 bridgehead atoms. The van der Waals surface area contributed by atoms with Crippen molar-refractivity contribution in [3.05, 3.63) is 69.2 Å². The summed E-state index contributed by atoms with van der Waals surface area (Å²) in [4.78, 5) is 0. The van der Waals surface area contributed by atoms with Crippen LogP contribution in [0.3, 0.4) is 0 Å². The normalized spacial score (nSPS) is 12.4. The van der Waals surface area contributed by atoms with E-state index >= 15 is 0 Å². The molecule has 0 spiro atoms. The summed E-state index contributed by atoms with van der Waals surface area (Å²) in [7, 11) is 1.71. The van der Waals surface area contributed by atoms with E-state index in [-0.39, 0.29) is 5.56 Å². The molecule has 0 radical (unpaired) electrons. The molecule has 1 atom stereocenters. The van der Waals surface area contributed by atoms with E-state index in [1.54, 1.807) is 7.05 Å². The number of rotatable bonds is 4. The molecule has 0 aromatic heterocycles. The van der Waals surface area contributed by atoms with Crippen molar-refractivity contribution in [1.29, 1.82) is 0 Å². The maximum absolute atomic E-state index is 14.0. The van der Waals surface area contributed by atoms with Gasteiger partial charge in [0.2, 0.25) is 0 Å². The first-order valence-electron chi connectivity index (χ1n) is 6.39. The van der Waals surface area contributed by atoms with Crippen LogP contribution in [-0.4, -0.2) is 7.05 Å². The van der Waals surface area contributed by atoms with Crippen LogP contribution in [0.5, 0.6) is 0 Å². The van der Waals surface area contributed by atoms with Crippen molar-refractivity contribution >= 4 is 15.9 Å². The second-order valence-corrected chi connectivity index (χ2v) is 5.67. The lowest BCUT2D eigenvalue weighted by atomic mass is 9.95. The van der Waals surface area contributed by atoms with Crippen LogP contribution in [0.25, 0.3) is 0 Å². The van der Waals surface area contributed by atoms with Crippen molar-refractivity contribution in [2.45, 2.75) is 19.4 Å². The second-order valence-electron chi connectivity index (χ2n) is 4.75. The summed E-state index contributed by atoms with van der Waals surface area (Å²) in [5.41, 5.74) is 2.28. The zero-order valence-electron chi connectivity index (χ0n) is 11.4. The fourth-order valence-corrected chi connectivity index (χ4v) is 2.70. The van der Waals surface area contributed by atoms with E-state index in [1.165, 1.54) is 12.1 Å². The van der Waals surface area contributed by atoms with Gasteiger partial charge >= 0.3 is 0 Å². The smallest absolute Gasteiger partial charge is 0.132 e. The Balaban J connectivity index is 2.37. The monoisotopic (exact) mass is 339 g/mol. The molecule has 0 saturated carbocycles. The highest BCUT2D eigenvalue weighted by molar-refractivity contribution is 9.10. The number of aryl methyl sites for hydroxylation is 1. The fraction of sp³-hybridized carbons (Fsp3) is 0.250. The van der Waals surface area contributed by atoms with E-state index in [0.29, 0.717) is 10.9 Å². The zero-order chi connectivity index (χ0) is 14.7. The molecule has 0 fully saturated rings.